The van der Waals surface area contributed by atoms with E-state index in [1.807, 2.05) is 56.3 Å². The van der Waals surface area contributed by atoms with Crippen LogP contribution < -0.4 is 14.5 Å². The lowest BCUT2D eigenvalue weighted by Crippen LogP contribution is -2.30. The highest BCUT2D eigenvalue weighted by molar-refractivity contribution is 9.10. The number of nitrogens with zero attached hydrogens (tertiary/aromatic N) is 2. The number of aliphatic hydroxyl groups is 1. The first-order chi connectivity index (χ1) is 17.7. The number of aryl methyl sites for hydroxylation is 1. The van der Waals surface area contributed by atoms with E-state index in [4.69, 9.17) is 4.74 Å². The van der Waals surface area contributed by atoms with E-state index in [0.717, 1.165) is 35.5 Å². The minimum atomic E-state index is -0.785. The van der Waals surface area contributed by atoms with E-state index in [9.17, 15) is 14.7 Å². The molecule has 1 unspecified atom stereocenters. The average Bonchev–Trinajstić information content (AvgIpc) is 3.16. The lowest BCUT2D eigenvalue weighted by atomic mass is 9.94. The maximum atomic E-state index is 13.5. The van der Waals surface area contributed by atoms with Crippen LogP contribution in [0.3, 0.4) is 0 Å². The number of carbonyl (C=O) groups is 2. The van der Waals surface area contributed by atoms with E-state index < -0.39 is 17.7 Å². The number of rotatable bonds is 7. The van der Waals surface area contributed by atoms with Gasteiger partial charge in [0.25, 0.3) is 11.7 Å². The maximum absolute atomic E-state index is 13.5. The molecule has 1 saturated heterocycles. The van der Waals surface area contributed by atoms with Gasteiger partial charge in [0.05, 0.1) is 23.2 Å². The molecule has 6 nitrogen and oxygen atoms in total. The molecule has 0 aliphatic carbocycles. The van der Waals surface area contributed by atoms with Crippen molar-refractivity contribution in [2.75, 3.05) is 30.0 Å². The van der Waals surface area contributed by atoms with Gasteiger partial charge in [0.1, 0.15) is 11.5 Å². The normalized spacial score (nSPS) is 16.8. The quantitative estimate of drug-likeness (QED) is 0.201. The van der Waals surface area contributed by atoms with Crippen LogP contribution in [0.5, 0.6) is 5.75 Å². The van der Waals surface area contributed by atoms with Gasteiger partial charge in [-0.15, -0.1) is 0 Å². The van der Waals surface area contributed by atoms with Crippen LogP contribution >= 0.6 is 15.9 Å². The highest BCUT2D eigenvalue weighted by Crippen LogP contribution is 2.44. The fourth-order valence-electron chi connectivity index (χ4n) is 4.82. The van der Waals surface area contributed by atoms with Crippen molar-refractivity contribution >= 4 is 44.8 Å². The topological polar surface area (TPSA) is 70.1 Å². The number of hydrogen-bond donors (Lipinski definition) is 1. The summed E-state index contributed by atoms with van der Waals surface area (Å²) in [6.07, 6.45) is 0. The van der Waals surface area contributed by atoms with Crippen molar-refractivity contribution in [2.45, 2.75) is 33.7 Å². The minimum absolute atomic E-state index is 0.0542. The molecule has 1 amide bonds. The summed E-state index contributed by atoms with van der Waals surface area (Å²) in [5, 5.41) is 11.4. The molecule has 1 N–H and O–H groups in total. The molecule has 1 fully saturated rings. The van der Waals surface area contributed by atoms with Crippen molar-refractivity contribution in [3.8, 4) is 5.75 Å². The van der Waals surface area contributed by atoms with Gasteiger partial charge in [0.15, 0.2) is 0 Å². The number of methoxy groups -OCH3 is 1. The number of ketones is 1. The number of anilines is 2. The molecule has 1 aliphatic heterocycles. The lowest BCUT2D eigenvalue weighted by Gasteiger charge is -2.28. The van der Waals surface area contributed by atoms with E-state index in [-0.39, 0.29) is 11.3 Å². The lowest BCUT2D eigenvalue weighted by molar-refractivity contribution is -0.132. The van der Waals surface area contributed by atoms with Gasteiger partial charge in [-0.1, -0.05) is 24.3 Å². The summed E-state index contributed by atoms with van der Waals surface area (Å²) in [5.41, 5.74) is 4.82. The molecule has 7 heteroatoms. The molecule has 0 spiro atoms. The predicted molar refractivity (Wildman–Crippen MR) is 151 cm³/mol. The van der Waals surface area contributed by atoms with Gasteiger partial charge in [-0.05, 0) is 96.7 Å². The monoisotopic (exact) mass is 562 g/mol. The summed E-state index contributed by atoms with van der Waals surface area (Å²) >= 11 is 3.45. The zero-order valence-corrected chi connectivity index (χ0v) is 23.3. The number of carbonyl (C=O) groups excluding carboxylic acids is 2. The summed E-state index contributed by atoms with van der Waals surface area (Å²) in [6.45, 7) is 9.83. The molecule has 0 bridgehead atoms. The van der Waals surface area contributed by atoms with Crippen LogP contribution in [0.25, 0.3) is 5.76 Å². The standard InChI is InChI=1S/C30H31BrN2O4/c1-6-32(7-2)22-14-11-20(12-15-22)27-26(28(34)21-13-16-25(37-5)23(31)17-21)29(35)30(36)33(27)24-10-8-9-18(3)19(24)4/h8-17,27,34H,6-7H2,1-5H3/b28-26+. The Morgan fingerprint density at radius 1 is 1.03 bits per heavy atom. The number of benzene rings is 3. The van der Waals surface area contributed by atoms with Gasteiger partial charge >= 0.3 is 0 Å². The van der Waals surface area contributed by atoms with Gasteiger partial charge in [-0.25, -0.2) is 0 Å². The fraction of sp³-hybridized carbons (Fsp3) is 0.267. The van der Waals surface area contributed by atoms with Crippen LogP contribution in [-0.2, 0) is 9.59 Å². The number of hydrogen-bond acceptors (Lipinski definition) is 5. The van der Waals surface area contributed by atoms with Crippen LogP contribution in [0.2, 0.25) is 0 Å². The highest BCUT2D eigenvalue weighted by atomic mass is 79.9. The molecule has 3 aromatic carbocycles. The first kappa shape index (κ1) is 26.5. The zero-order chi connectivity index (χ0) is 26.9. The Kier molecular flexibility index (Phi) is 7.73. The molecular weight excluding hydrogens is 532 g/mol. The zero-order valence-electron chi connectivity index (χ0n) is 21.7. The molecule has 1 atom stereocenters. The second kappa shape index (κ2) is 10.8. The van der Waals surface area contributed by atoms with Gasteiger partial charge in [0.2, 0.25) is 0 Å². The molecule has 1 aliphatic rings. The Labute approximate surface area is 226 Å². The Balaban J connectivity index is 1.94. The van der Waals surface area contributed by atoms with Crippen molar-refractivity contribution in [1.82, 2.24) is 0 Å². The molecule has 0 radical (unpaired) electrons. The van der Waals surface area contributed by atoms with Crippen molar-refractivity contribution < 1.29 is 19.4 Å². The Hall–Kier alpha value is -3.58. The number of aliphatic hydroxyl groups excluding tert-OH is 1. The largest absolute Gasteiger partial charge is 0.507 e. The van der Waals surface area contributed by atoms with Crippen LogP contribution in [0, 0.1) is 13.8 Å². The van der Waals surface area contributed by atoms with Crippen molar-refractivity contribution in [3.63, 3.8) is 0 Å². The first-order valence-electron chi connectivity index (χ1n) is 12.3. The predicted octanol–water partition coefficient (Wildman–Crippen LogP) is 6.55. The van der Waals surface area contributed by atoms with Gasteiger partial charge < -0.3 is 14.7 Å². The van der Waals surface area contributed by atoms with E-state index in [1.54, 1.807) is 25.3 Å². The number of ether oxygens (including phenoxy) is 1. The third kappa shape index (κ3) is 4.76. The second-order valence-corrected chi connectivity index (χ2v) is 9.86. The molecule has 0 saturated carbocycles. The third-order valence-electron chi connectivity index (χ3n) is 7.04. The van der Waals surface area contributed by atoms with Gasteiger partial charge in [0, 0.05) is 30.0 Å². The molecule has 192 valence electrons. The van der Waals surface area contributed by atoms with Crippen molar-refractivity contribution in [2.24, 2.45) is 0 Å². The van der Waals surface area contributed by atoms with E-state index >= 15 is 0 Å². The number of halogens is 1. The minimum Gasteiger partial charge on any atom is -0.507 e. The number of Topliss-reactive ketones (excluding diaryl/α,β-unsaturated/α-hetero) is 1. The maximum Gasteiger partial charge on any atom is 0.300 e. The van der Waals surface area contributed by atoms with Crippen molar-refractivity contribution in [3.05, 3.63) is 93.0 Å². The fourth-order valence-corrected chi connectivity index (χ4v) is 5.36. The number of amides is 1. The average molecular weight is 563 g/mol. The highest BCUT2D eigenvalue weighted by Gasteiger charge is 2.47. The summed E-state index contributed by atoms with van der Waals surface area (Å²) in [5.74, 6) is -1.02. The molecule has 0 aromatic heterocycles. The third-order valence-corrected chi connectivity index (χ3v) is 7.66. The second-order valence-electron chi connectivity index (χ2n) is 9.00. The smallest absolute Gasteiger partial charge is 0.300 e. The van der Waals surface area contributed by atoms with Gasteiger partial charge in [-0.3, -0.25) is 14.5 Å². The molecule has 4 rings (SSSR count). The SMILES string of the molecule is CCN(CC)c1ccc(C2/C(=C(\O)c3ccc(OC)c(Br)c3)C(=O)C(=O)N2c2cccc(C)c2C)cc1. The summed E-state index contributed by atoms with van der Waals surface area (Å²) < 4.78 is 5.93. The summed E-state index contributed by atoms with van der Waals surface area (Å²) in [4.78, 5) is 30.8. The van der Waals surface area contributed by atoms with Gasteiger partial charge in [-0.2, -0.15) is 0 Å². The first-order valence-corrected chi connectivity index (χ1v) is 13.1. The van der Waals surface area contributed by atoms with Crippen LogP contribution in [0.1, 0.15) is 42.1 Å². The Morgan fingerprint density at radius 3 is 2.30 bits per heavy atom. The Morgan fingerprint density at radius 2 is 1.70 bits per heavy atom. The summed E-state index contributed by atoms with van der Waals surface area (Å²) in [7, 11) is 1.55. The molecule has 1 heterocycles. The Bertz CT molecular complexity index is 1380. The molecular formula is C30H31BrN2O4. The van der Waals surface area contributed by atoms with Crippen LogP contribution in [0.4, 0.5) is 11.4 Å². The molecule has 3 aromatic rings. The van der Waals surface area contributed by atoms with E-state index in [0.29, 0.717) is 21.5 Å². The van der Waals surface area contributed by atoms with Crippen LogP contribution in [-0.4, -0.2) is 37.0 Å². The van der Waals surface area contributed by atoms with E-state index in [1.165, 1.54) is 4.90 Å². The van der Waals surface area contributed by atoms with Crippen LogP contribution in [0.15, 0.2) is 70.7 Å². The molecule has 37 heavy (non-hydrogen) atoms. The van der Waals surface area contributed by atoms with E-state index in [2.05, 4.69) is 34.7 Å². The summed E-state index contributed by atoms with van der Waals surface area (Å²) in [6, 6.07) is 17.8. The van der Waals surface area contributed by atoms with Crippen molar-refractivity contribution in [1.29, 1.82) is 0 Å².